The highest BCUT2D eigenvalue weighted by molar-refractivity contribution is 5.52. The summed E-state index contributed by atoms with van der Waals surface area (Å²) in [5.74, 6) is 2.90. The molecular formula is C14H20N8. The largest absolute Gasteiger partial charge is 0.383 e. The number of hydrogen-bond donors (Lipinski definition) is 1. The fraction of sp³-hybridized carbons (Fsp3) is 0.429. The lowest BCUT2D eigenvalue weighted by atomic mass is 10.3. The van der Waals surface area contributed by atoms with Crippen molar-refractivity contribution in [1.82, 2.24) is 19.9 Å². The van der Waals surface area contributed by atoms with E-state index in [-0.39, 0.29) is 0 Å². The molecule has 3 rings (SSSR count). The van der Waals surface area contributed by atoms with Gasteiger partial charge in [-0.2, -0.15) is 9.97 Å². The Kier molecular flexibility index (Phi) is 3.90. The van der Waals surface area contributed by atoms with E-state index >= 15 is 0 Å². The molecule has 0 saturated carbocycles. The van der Waals surface area contributed by atoms with Crippen LogP contribution in [0.4, 0.5) is 23.4 Å². The number of piperazine rings is 1. The van der Waals surface area contributed by atoms with Crippen LogP contribution in [-0.4, -0.2) is 60.2 Å². The summed E-state index contributed by atoms with van der Waals surface area (Å²) in [6.45, 7) is 3.36. The number of hydrogen-bond acceptors (Lipinski definition) is 8. The molecule has 22 heavy (non-hydrogen) atoms. The van der Waals surface area contributed by atoms with Crippen LogP contribution in [0.2, 0.25) is 0 Å². The predicted molar refractivity (Wildman–Crippen MR) is 87.2 cm³/mol. The average Bonchev–Trinajstić information content (AvgIpc) is 2.55. The first-order chi connectivity index (χ1) is 10.6. The molecular weight excluding hydrogens is 280 g/mol. The second kappa shape index (κ2) is 6.00. The lowest BCUT2D eigenvalue weighted by Gasteiger charge is -2.35. The Bertz CT molecular complexity index is 622. The molecule has 1 aliphatic heterocycles. The third-order valence-electron chi connectivity index (χ3n) is 3.61. The fourth-order valence-electron chi connectivity index (χ4n) is 2.40. The van der Waals surface area contributed by atoms with Crippen LogP contribution >= 0.6 is 0 Å². The van der Waals surface area contributed by atoms with E-state index in [9.17, 15) is 0 Å². The van der Waals surface area contributed by atoms with Crippen LogP contribution in [0.25, 0.3) is 0 Å². The molecule has 1 saturated heterocycles. The molecule has 0 aromatic carbocycles. The van der Waals surface area contributed by atoms with Gasteiger partial charge in [0.1, 0.15) is 17.5 Å². The molecule has 0 unspecified atom stereocenters. The highest BCUT2D eigenvalue weighted by atomic mass is 15.3. The Morgan fingerprint density at radius 3 is 2.41 bits per heavy atom. The monoisotopic (exact) mass is 300 g/mol. The van der Waals surface area contributed by atoms with Gasteiger partial charge < -0.3 is 20.4 Å². The van der Waals surface area contributed by atoms with Crippen molar-refractivity contribution < 1.29 is 0 Å². The SMILES string of the molecule is CN(C)c1cc(N)nc(N2CCN(c3cnccn3)CC2)n1. The second-order valence-electron chi connectivity index (χ2n) is 5.38. The summed E-state index contributed by atoms with van der Waals surface area (Å²) < 4.78 is 0. The molecule has 116 valence electrons. The number of nitrogens with zero attached hydrogens (tertiary/aromatic N) is 7. The van der Waals surface area contributed by atoms with E-state index in [4.69, 9.17) is 5.73 Å². The molecule has 8 heteroatoms. The maximum atomic E-state index is 5.89. The number of rotatable bonds is 3. The van der Waals surface area contributed by atoms with Crippen LogP contribution in [0.1, 0.15) is 0 Å². The van der Waals surface area contributed by atoms with Crippen molar-refractivity contribution >= 4 is 23.4 Å². The van der Waals surface area contributed by atoms with E-state index in [0.29, 0.717) is 11.8 Å². The lowest BCUT2D eigenvalue weighted by Crippen LogP contribution is -2.47. The quantitative estimate of drug-likeness (QED) is 0.862. The van der Waals surface area contributed by atoms with Gasteiger partial charge in [-0.05, 0) is 0 Å². The Morgan fingerprint density at radius 1 is 1.05 bits per heavy atom. The highest BCUT2D eigenvalue weighted by Crippen LogP contribution is 2.19. The smallest absolute Gasteiger partial charge is 0.229 e. The zero-order valence-electron chi connectivity index (χ0n) is 12.8. The van der Waals surface area contributed by atoms with Gasteiger partial charge in [-0.1, -0.05) is 0 Å². The van der Waals surface area contributed by atoms with Gasteiger partial charge in [0.25, 0.3) is 0 Å². The summed E-state index contributed by atoms with van der Waals surface area (Å²) in [4.78, 5) is 23.7. The van der Waals surface area contributed by atoms with Gasteiger partial charge in [0.05, 0.1) is 6.20 Å². The van der Waals surface area contributed by atoms with E-state index in [1.54, 1.807) is 24.7 Å². The van der Waals surface area contributed by atoms with Crippen molar-refractivity contribution in [3.63, 3.8) is 0 Å². The molecule has 8 nitrogen and oxygen atoms in total. The summed E-state index contributed by atoms with van der Waals surface area (Å²) >= 11 is 0. The van der Waals surface area contributed by atoms with Crippen molar-refractivity contribution in [1.29, 1.82) is 0 Å². The van der Waals surface area contributed by atoms with Gasteiger partial charge in [-0.15, -0.1) is 0 Å². The van der Waals surface area contributed by atoms with Gasteiger partial charge >= 0.3 is 0 Å². The molecule has 3 heterocycles. The Balaban J connectivity index is 1.71. The number of anilines is 4. The molecule has 0 atom stereocenters. The Morgan fingerprint density at radius 2 is 1.77 bits per heavy atom. The average molecular weight is 300 g/mol. The summed E-state index contributed by atoms with van der Waals surface area (Å²) in [5.41, 5.74) is 5.89. The van der Waals surface area contributed by atoms with E-state index in [0.717, 1.165) is 37.8 Å². The van der Waals surface area contributed by atoms with Crippen LogP contribution in [0.3, 0.4) is 0 Å². The summed E-state index contributed by atoms with van der Waals surface area (Å²) in [6, 6.07) is 1.78. The third-order valence-corrected chi connectivity index (χ3v) is 3.61. The minimum Gasteiger partial charge on any atom is -0.383 e. The molecule has 0 amide bonds. The Hall–Kier alpha value is -2.64. The molecule has 2 aromatic rings. The van der Waals surface area contributed by atoms with E-state index < -0.39 is 0 Å². The standard InChI is InChI=1S/C14H20N8/c1-20(2)12-9-11(15)18-14(19-12)22-7-5-21(6-8-22)13-10-16-3-4-17-13/h3-4,9-10H,5-8H2,1-2H3,(H2,15,18,19). The first-order valence-electron chi connectivity index (χ1n) is 7.21. The minimum atomic E-state index is 0.491. The molecule has 0 aliphatic carbocycles. The van der Waals surface area contributed by atoms with Gasteiger partial charge in [0.2, 0.25) is 5.95 Å². The van der Waals surface area contributed by atoms with Gasteiger partial charge in [0.15, 0.2) is 0 Å². The van der Waals surface area contributed by atoms with Crippen LogP contribution in [0.5, 0.6) is 0 Å². The van der Waals surface area contributed by atoms with E-state index in [2.05, 4.69) is 29.7 Å². The maximum absolute atomic E-state index is 5.89. The molecule has 0 radical (unpaired) electrons. The van der Waals surface area contributed by atoms with E-state index in [1.165, 1.54) is 0 Å². The first-order valence-corrected chi connectivity index (χ1v) is 7.21. The minimum absolute atomic E-state index is 0.491. The molecule has 0 bridgehead atoms. The van der Waals surface area contributed by atoms with Crippen molar-refractivity contribution in [2.75, 3.05) is 60.7 Å². The summed E-state index contributed by atoms with van der Waals surface area (Å²) in [5, 5.41) is 0. The van der Waals surface area contributed by atoms with Gasteiger partial charge in [-0.3, -0.25) is 4.98 Å². The lowest BCUT2D eigenvalue weighted by molar-refractivity contribution is 0.634. The van der Waals surface area contributed by atoms with Gasteiger partial charge in [-0.25, -0.2) is 4.98 Å². The van der Waals surface area contributed by atoms with Crippen molar-refractivity contribution in [3.8, 4) is 0 Å². The number of nitrogens with two attached hydrogens (primary N) is 1. The predicted octanol–water partition coefficient (Wildman–Crippen LogP) is 0.241. The first kappa shape index (κ1) is 14.3. The fourth-order valence-corrected chi connectivity index (χ4v) is 2.40. The topological polar surface area (TPSA) is 87.3 Å². The zero-order valence-corrected chi connectivity index (χ0v) is 12.8. The van der Waals surface area contributed by atoms with Gasteiger partial charge in [0, 0.05) is 58.7 Å². The van der Waals surface area contributed by atoms with Crippen LogP contribution in [0, 0.1) is 0 Å². The molecule has 1 aliphatic rings. The van der Waals surface area contributed by atoms with Crippen molar-refractivity contribution in [2.24, 2.45) is 0 Å². The van der Waals surface area contributed by atoms with Crippen LogP contribution in [-0.2, 0) is 0 Å². The van der Waals surface area contributed by atoms with Crippen molar-refractivity contribution in [2.45, 2.75) is 0 Å². The van der Waals surface area contributed by atoms with Crippen LogP contribution < -0.4 is 20.4 Å². The molecule has 1 fully saturated rings. The molecule has 0 spiro atoms. The maximum Gasteiger partial charge on any atom is 0.229 e. The summed E-state index contributed by atoms with van der Waals surface area (Å²) in [7, 11) is 3.88. The second-order valence-corrected chi connectivity index (χ2v) is 5.38. The van der Waals surface area contributed by atoms with E-state index in [1.807, 2.05) is 19.0 Å². The highest BCUT2D eigenvalue weighted by Gasteiger charge is 2.21. The Labute approximate surface area is 129 Å². The molecule has 2 aromatic heterocycles. The van der Waals surface area contributed by atoms with Crippen molar-refractivity contribution in [3.05, 3.63) is 24.7 Å². The summed E-state index contributed by atoms with van der Waals surface area (Å²) in [6.07, 6.45) is 5.19. The normalized spacial score (nSPS) is 15.0. The molecule has 2 N–H and O–H groups in total. The van der Waals surface area contributed by atoms with Crippen LogP contribution in [0.15, 0.2) is 24.7 Å². The zero-order chi connectivity index (χ0) is 15.5. The number of nitrogen functional groups attached to an aromatic ring is 1. The third kappa shape index (κ3) is 3.00. The number of aromatic nitrogens is 4.